The molecule has 2 aromatic rings. The molecule has 1 N–H and O–H groups in total. The highest BCUT2D eigenvalue weighted by Crippen LogP contribution is 2.33. The molecule has 1 aromatic heterocycles. The Morgan fingerprint density at radius 3 is 2.70 bits per heavy atom. The first-order valence-electron chi connectivity index (χ1n) is 6.04. The second-order valence-corrected chi connectivity index (χ2v) is 5.05. The number of alkyl halides is 3. The van der Waals surface area contributed by atoms with E-state index in [2.05, 4.69) is 26.3 Å². The highest BCUT2D eigenvalue weighted by atomic mass is 79.9. The lowest BCUT2D eigenvalue weighted by atomic mass is 10.2. The third-order valence-corrected chi connectivity index (χ3v) is 3.39. The van der Waals surface area contributed by atoms with E-state index in [1.807, 2.05) is 6.92 Å². The molecular formula is C13H13BrF3N3. The zero-order chi connectivity index (χ0) is 14.8. The smallest absolute Gasteiger partial charge is 0.311 e. The number of hydrogen-bond acceptors (Lipinski definition) is 2. The molecule has 0 aliphatic heterocycles. The number of aromatic nitrogens is 2. The van der Waals surface area contributed by atoms with Gasteiger partial charge in [0.15, 0.2) is 0 Å². The molecule has 0 fully saturated rings. The van der Waals surface area contributed by atoms with Crippen molar-refractivity contribution in [3.8, 4) is 5.69 Å². The van der Waals surface area contributed by atoms with Crippen LogP contribution in [-0.2, 0) is 12.7 Å². The maximum atomic E-state index is 12.7. The lowest BCUT2D eigenvalue weighted by Crippen LogP contribution is -2.12. The van der Waals surface area contributed by atoms with Crippen LogP contribution < -0.4 is 5.32 Å². The number of halogens is 4. The molecule has 0 radical (unpaired) electrons. The normalized spacial score (nSPS) is 11.8. The summed E-state index contributed by atoms with van der Waals surface area (Å²) in [4.78, 5) is 0. The van der Waals surface area contributed by atoms with Gasteiger partial charge in [-0.15, -0.1) is 0 Å². The van der Waals surface area contributed by atoms with E-state index < -0.39 is 11.7 Å². The van der Waals surface area contributed by atoms with E-state index >= 15 is 0 Å². The van der Waals surface area contributed by atoms with Crippen LogP contribution in [0, 0.1) is 0 Å². The van der Waals surface area contributed by atoms with Crippen LogP contribution in [0.25, 0.3) is 5.69 Å². The van der Waals surface area contributed by atoms with Crippen LogP contribution in [0.4, 0.5) is 13.2 Å². The molecule has 0 spiro atoms. The Kier molecular flexibility index (Phi) is 4.49. The fourth-order valence-electron chi connectivity index (χ4n) is 1.71. The summed E-state index contributed by atoms with van der Waals surface area (Å²) in [5.74, 6) is 0. The van der Waals surface area contributed by atoms with Crippen molar-refractivity contribution < 1.29 is 13.2 Å². The van der Waals surface area contributed by atoms with Crippen molar-refractivity contribution in [3.05, 3.63) is 46.2 Å². The molecule has 2 rings (SSSR count). The summed E-state index contributed by atoms with van der Waals surface area (Å²) < 4.78 is 40.2. The van der Waals surface area contributed by atoms with Gasteiger partial charge in [0.1, 0.15) is 0 Å². The highest BCUT2D eigenvalue weighted by molar-refractivity contribution is 9.10. The van der Waals surface area contributed by atoms with Crippen LogP contribution in [-0.4, -0.2) is 16.3 Å². The topological polar surface area (TPSA) is 29.9 Å². The fourth-order valence-corrected chi connectivity index (χ4v) is 2.14. The average molecular weight is 348 g/mol. The van der Waals surface area contributed by atoms with Gasteiger partial charge in [-0.2, -0.15) is 18.3 Å². The molecule has 7 heteroatoms. The molecule has 20 heavy (non-hydrogen) atoms. The van der Waals surface area contributed by atoms with Crippen LogP contribution >= 0.6 is 15.9 Å². The molecule has 0 unspecified atom stereocenters. The molecule has 0 atom stereocenters. The third-order valence-electron chi connectivity index (χ3n) is 2.72. The van der Waals surface area contributed by atoms with Gasteiger partial charge in [0.25, 0.3) is 0 Å². The predicted molar refractivity (Wildman–Crippen MR) is 73.6 cm³/mol. The van der Waals surface area contributed by atoms with Crippen LogP contribution in [0.15, 0.2) is 34.9 Å². The van der Waals surface area contributed by atoms with Crippen molar-refractivity contribution >= 4 is 15.9 Å². The Labute approximate surface area is 122 Å². The van der Waals surface area contributed by atoms with Gasteiger partial charge in [-0.05, 0) is 46.7 Å². The second kappa shape index (κ2) is 5.97. The summed E-state index contributed by atoms with van der Waals surface area (Å²) in [6.45, 7) is 3.36. The van der Waals surface area contributed by atoms with Crippen LogP contribution in [0.5, 0.6) is 0 Å². The van der Waals surface area contributed by atoms with Crippen LogP contribution in [0.2, 0.25) is 0 Å². The first-order chi connectivity index (χ1) is 9.41. The molecule has 0 aliphatic carbocycles. The zero-order valence-electron chi connectivity index (χ0n) is 10.7. The molecule has 3 nitrogen and oxygen atoms in total. The van der Waals surface area contributed by atoms with Gasteiger partial charge in [0.2, 0.25) is 0 Å². The van der Waals surface area contributed by atoms with Crippen molar-refractivity contribution in [2.75, 3.05) is 6.54 Å². The maximum absolute atomic E-state index is 12.7. The van der Waals surface area contributed by atoms with E-state index in [0.29, 0.717) is 16.7 Å². The molecule has 1 heterocycles. The molecule has 1 aromatic carbocycles. The summed E-state index contributed by atoms with van der Waals surface area (Å²) in [5, 5.41) is 7.37. The molecule has 0 saturated heterocycles. The maximum Gasteiger partial charge on any atom is 0.416 e. The van der Waals surface area contributed by atoms with E-state index in [-0.39, 0.29) is 0 Å². The van der Waals surface area contributed by atoms with Crippen molar-refractivity contribution in [3.63, 3.8) is 0 Å². The molecule has 0 bridgehead atoms. The first-order valence-corrected chi connectivity index (χ1v) is 6.83. The van der Waals surface area contributed by atoms with Crippen molar-refractivity contribution in [2.24, 2.45) is 0 Å². The fraction of sp³-hybridized carbons (Fsp3) is 0.308. The van der Waals surface area contributed by atoms with Gasteiger partial charge >= 0.3 is 6.18 Å². The Morgan fingerprint density at radius 2 is 2.05 bits per heavy atom. The molecular weight excluding hydrogens is 335 g/mol. The number of benzene rings is 1. The van der Waals surface area contributed by atoms with Gasteiger partial charge in [-0.25, -0.2) is 4.68 Å². The summed E-state index contributed by atoms with van der Waals surface area (Å²) in [6, 6.07) is 5.27. The SMILES string of the molecule is CCNCc1ccn(-c2cc(C(F)(F)F)ccc2Br)n1. The minimum Gasteiger partial charge on any atom is -0.311 e. The molecule has 108 valence electrons. The Balaban J connectivity index is 2.34. The number of hydrogen-bond donors (Lipinski definition) is 1. The van der Waals surface area contributed by atoms with Gasteiger partial charge in [0, 0.05) is 17.2 Å². The van der Waals surface area contributed by atoms with Gasteiger partial charge in [0.05, 0.1) is 16.9 Å². The number of nitrogens with zero attached hydrogens (tertiary/aromatic N) is 2. The number of rotatable bonds is 4. The van der Waals surface area contributed by atoms with Crippen LogP contribution in [0.1, 0.15) is 18.2 Å². The standard InChI is InChI=1S/C13H13BrF3N3/c1-2-18-8-10-5-6-20(19-10)12-7-9(13(15,16)17)3-4-11(12)14/h3-7,18H,2,8H2,1H3. The molecule has 0 aliphatic rings. The largest absolute Gasteiger partial charge is 0.416 e. The molecule has 0 saturated carbocycles. The van der Waals surface area contributed by atoms with E-state index in [0.717, 1.165) is 24.4 Å². The van der Waals surface area contributed by atoms with E-state index in [1.54, 1.807) is 12.3 Å². The van der Waals surface area contributed by atoms with Crippen molar-refractivity contribution in [2.45, 2.75) is 19.6 Å². The van der Waals surface area contributed by atoms with E-state index in [1.165, 1.54) is 10.7 Å². The lowest BCUT2D eigenvalue weighted by Gasteiger charge is -2.10. The van der Waals surface area contributed by atoms with Gasteiger partial charge < -0.3 is 5.32 Å². The minimum atomic E-state index is -4.37. The van der Waals surface area contributed by atoms with Gasteiger partial charge in [-0.1, -0.05) is 6.92 Å². The van der Waals surface area contributed by atoms with Crippen LogP contribution in [0.3, 0.4) is 0 Å². The highest BCUT2D eigenvalue weighted by Gasteiger charge is 2.31. The average Bonchev–Trinajstić information content (AvgIpc) is 2.84. The predicted octanol–water partition coefficient (Wildman–Crippen LogP) is 3.76. The van der Waals surface area contributed by atoms with Crippen molar-refractivity contribution in [1.29, 1.82) is 0 Å². The Hall–Kier alpha value is -1.34. The zero-order valence-corrected chi connectivity index (χ0v) is 12.3. The van der Waals surface area contributed by atoms with Crippen molar-refractivity contribution in [1.82, 2.24) is 15.1 Å². The third kappa shape index (κ3) is 3.40. The summed E-state index contributed by atoms with van der Waals surface area (Å²) in [6.07, 6.45) is -2.72. The van der Waals surface area contributed by atoms with E-state index in [9.17, 15) is 13.2 Å². The lowest BCUT2D eigenvalue weighted by molar-refractivity contribution is -0.137. The first kappa shape index (κ1) is 15.1. The van der Waals surface area contributed by atoms with Gasteiger partial charge in [-0.3, -0.25) is 0 Å². The summed E-state index contributed by atoms with van der Waals surface area (Å²) >= 11 is 3.25. The van der Waals surface area contributed by atoms with E-state index in [4.69, 9.17) is 0 Å². The quantitative estimate of drug-likeness (QED) is 0.912. The second-order valence-electron chi connectivity index (χ2n) is 4.20. The minimum absolute atomic E-state index is 0.363. The Morgan fingerprint density at radius 1 is 1.30 bits per heavy atom. The monoisotopic (exact) mass is 347 g/mol. The Bertz CT molecular complexity index is 593. The summed E-state index contributed by atoms with van der Waals surface area (Å²) in [7, 11) is 0. The summed E-state index contributed by atoms with van der Waals surface area (Å²) in [5.41, 5.74) is 0.443. The number of nitrogens with one attached hydrogen (secondary N) is 1. The molecule has 0 amide bonds.